The second kappa shape index (κ2) is 5.41. The lowest BCUT2D eigenvalue weighted by Gasteiger charge is -2.43. The van der Waals surface area contributed by atoms with Gasteiger partial charge < -0.3 is 0 Å². The lowest BCUT2D eigenvalue weighted by Crippen LogP contribution is -2.48. The number of halogens is 1. The quantitative estimate of drug-likeness (QED) is 0.368. The van der Waals surface area contributed by atoms with E-state index in [9.17, 15) is 4.79 Å². The fraction of sp³-hybridized carbons (Fsp3) is 0.375. The van der Waals surface area contributed by atoms with Crippen LogP contribution in [0.25, 0.3) is 11.1 Å². The minimum absolute atomic E-state index is 0.0267. The van der Waals surface area contributed by atoms with Crippen molar-refractivity contribution in [2.75, 3.05) is 10.8 Å². The van der Waals surface area contributed by atoms with Crippen LogP contribution in [0.2, 0.25) is 0 Å². The number of anilines is 1. The molecule has 0 aliphatic carbocycles. The topological polar surface area (TPSA) is 20.3 Å². The molecule has 0 N–H and O–H groups in total. The van der Waals surface area contributed by atoms with E-state index in [2.05, 4.69) is 32.9 Å². The van der Waals surface area contributed by atoms with Crippen LogP contribution in [-0.2, 0) is 10.3 Å². The van der Waals surface area contributed by atoms with Crippen molar-refractivity contribution in [2.24, 2.45) is 0 Å². The second-order valence-electron chi connectivity index (χ2n) is 6.06. The van der Waals surface area contributed by atoms with Gasteiger partial charge in [0.2, 0.25) is 5.91 Å². The molecule has 1 aliphatic rings. The number of benzene rings is 1. The van der Waals surface area contributed by atoms with E-state index in [4.69, 9.17) is 23.8 Å². The Labute approximate surface area is 147 Å². The fourth-order valence-corrected chi connectivity index (χ4v) is 6.62. The molecule has 2 aromatic rings. The lowest BCUT2D eigenvalue weighted by atomic mass is 9.85. The van der Waals surface area contributed by atoms with Crippen LogP contribution in [0.15, 0.2) is 12.1 Å². The molecule has 0 saturated carbocycles. The van der Waals surface area contributed by atoms with Gasteiger partial charge in [0.1, 0.15) is 9.70 Å². The molecule has 0 spiro atoms. The molecule has 0 bridgehead atoms. The maximum Gasteiger partial charge on any atom is 0.242 e. The Hall–Kier alpha value is -0.750. The summed E-state index contributed by atoms with van der Waals surface area (Å²) in [5.74, 6) is -0.101. The highest BCUT2D eigenvalue weighted by molar-refractivity contribution is 7.80. The third-order valence-corrected chi connectivity index (χ3v) is 7.61. The molecule has 1 amide bonds. The summed E-state index contributed by atoms with van der Waals surface area (Å²) in [6.45, 7) is 8.24. The number of hydrogen-bond donors (Lipinski definition) is 0. The highest BCUT2D eigenvalue weighted by Crippen LogP contribution is 2.53. The third-order valence-electron chi connectivity index (χ3n) is 4.05. The minimum atomic E-state index is -0.438. The molecule has 0 saturated heterocycles. The first-order valence-corrected chi connectivity index (χ1v) is 10.0. The molecule has 0 radical (unpaired) electrons. The first-order valence-electron chi connectivity index (χ1n) is 6.93. The van der Waals surface area contributed by atoms with Crippen molar-refractivity contribution in [1.82, 2.24) is 0 Å². The highest BCUT2D eigenvalue weighted by atomic mass is 35.5. The van der Waals surface area contributed by atoms with Crippen LogP contribution in [0.1, 0.15) is 29.9 Å². The zero-order chi connectivity index (χ0) is 16.2. The second-order valence-corrected chi connectivity index (χ2v) is 9.14. The minimum Gasteiger partial charge on any atom is -0.300 e. The molecular weight excluding hydrogens is 354 g/mol. The molecular formula is C16H16ClNOS3. The van der Waals surface area contributed by atoms with Crippen LogP contribution in [0.4, 0.5) is 5.69 Å². The van der Waals surface area contributed by atoms with Crippen LogP contribution < -0.4 is 4.90 Å². The van der Waals surface area contributed by atoms with E-state index < -0.39 is 5.54 Å². The Balaban J connectivity index is 2.45. The van der Waals surface area contributed by atoms with Crippen LogP contribution >= 0.6 is 44.5 Å². The number of carbonyl (C=O) groups is 1. The molecule has 0 fully saturated rings. The van der Waals surface area contributed by atoms with Gasteiger partial charge in [-0.05, 0) is 39.3 Å². The van der Waals surface area contributed by atoms with Gasteiger partial charge in [-0.2, -0.15) is 0 Å². The van der Waals surface area contributed by atoms with E-state index in [1.807, 2.05) is 11.8 Å². The largest absolute Gasteiger partial charge is 0.300 e. The summed E-state index contributed by atoms with van der Waals surface area (Å²) >= 11 is 11.5. The van der Waals surface area contributed by atoms with E-state index in [1.54, 1.807) is 20.7 Å². The molecule has 1 aliphatic heterocycles. The zero-order valence-corrected chi connectivity index (χ0v) is 16.0. The van der Waals surface area contributed by atoms with Gasteiger partial charge in [-0.25, -0.2) is 0 Å². The van der Waals surface area contributed by atoms with Crippen molar-refractivity contribution in [3.05, 3.63) is 32.0 Å². The van der Waals surface area contributed by atoms with Crippen molar-refractivity contribution >= 4 is 56.1 Å². The van der Waals surface area contributed by atoms with E-state index in [-0.39, 0.29) is 11.8 Å². The maximum absolute atomic E-state index is 12.6. The SMILES string of the molecule is Cc1cc(C)c2c(c1)-c1c(ssc1=S)C(C)(C)N2C(=O)CCl. The van der Waals surface area contributed by atoms with Crippen molar-refractivity contribution < 1.29 is 4.79 Å². The number of fused-ring (bicyclic) bond motifs is 3. The molecule has 6 heteroatoms. The van der Waals surface area contributed by atoms with Crippen molar-refractivity contribution in [3.8, 4) is 11.1 Å². The van der Waals surface area contributed by atoms with Crippen LogP contribution in [0.5, 0.6) is 0 Å². The van der Waals surface area contributed by atoms with Gasteiger partial charge in [-0.15, -0.1) is 11.6 Å². The zero-order valence-electron chi connectivity index (χ0n) is 12.8. The molecule has 2 heterocycles. The van der Waals surface area contributed by atoms with E-state index in [0.717, 1.165) is 31.1 Å². The average molecular weight is 370 g/mol. The smallest absolute Gasteiger partial charge is 0.242 e. The molecule has 116 valence electrons. The summed E-state index contributed by atoms with van der Waals surface area (Å²) in [6.07, 6.45) is 0. The lowest BCUT2D eigenvalue weighted by molar-refractivity contribution is -0.117. The monoisotopic (exact) mass is 369 g/mol. The van der Waals surface area contributed by atoms with Gasteiger partial charge in [-0.1, -0.05) is 44.5 Å². The summed E-state index contributed by atoms with van der Waals surface area (Å²) < 4.78 is 0.900. The molecule has 0 atom stereocenters. The molecule has 1 aromatic heterocycles. The van der Waals surface area contributed by atoms with Crippen molar-refractivity contribution in [1.29, 1.82) is 0 Å². The van der Waals surface area contributed by atoms with Crippen LogP contribution in [0.3, 0.4) is 0 Å². The highest BCUT2D eigenvalue weighted by Gasteiger charge is 2.43. The predicted octanol–water partition coefficient (Wildman–Crippen LogP) is 5.64. The van der Waals surface area contributed by atoms with E-state index in [0.29, 0.717) is 0 Å². The molecule has 3 rings (SSSR count). The molecule has 22 heavy (non-hydrogen) atoms. The number of aryl methyl sites for hydroxylation is 2. The Bertz CT molecular complexity index is 834. The number of hydrogen-bond acceptors (Lipinski definition) is 4. The Morgan fingerprint density at radius 2 is 2.00 bits per heavy atom. The number of amides is 1. The third kappa shape index (κ3) is 2.18. The van der Waals surface area contributed by atoms with Crippen LogP contribution in [-0.4, -0.2) is 11.8 Å². The normalized spacial score (nSPS) is 15.4. The number of nitrogens with zero attached hydrogens (tertiary/aromatic N) is 1. The number of alkyl halides is 1. The average Bonchev–Trinajstić information content (AvgIpc) is 2.82. The molecule has 0 unspecified atom stereocenters. The van der Waals surface area contributed by atoms with Crippen molar-refractivity contribution in [3.63, 3.8) is 0 Å². The Morgan fingerprint density at radius 3 is 2.64 bits per heavy atom. The van der Waals surface area contributed by atoms with Gasteiger partial charge in [-0.3, -0.25) is 9.69 Å². The predicted molar refractivity (Wildman–Crippen MR) is 99.2 cm³/mol. The first-order chi connectivity index (χ1) is 10.3. The fourth-order valence-electron chi connectivity index (χ4n) is 3.22. The summed E-state index contributed by atoms with van der Waals surface area (Å²) in [6, 6.07) is 4.23. The van der Waals surface area contributed by atoms with Gasteiger partial charge in [0, 0.05) is 11.1 Å². The van der Waals surface area contributed by atoms with Gasteiger partial charge in [0.15, 0.2) is 0 Å². The van der Waals surface area contributed by atoms with E-state index >= 15 is 0 Å². The standard InChI is InChI=1S/C16H16ClNOS3/c1-8-5-9(2)13-10(6-8)12-14(21-22-15(12)20)16(3,4)18(13)11(19)7-17/h5-6H,7H2,1-4H3. The molecule has 1 aromatic carbocycles. The Kier molecular flexibility index (Phi) is 3.96. The summed E-state index contributed by atoms with van der Waals surface area (Å²) in [5, 5.41) is 0. The van der Waals surface area contributed by atoms with Crippen LogP contribution in [0, 0.1) is 17.7 Å². The van der Waals surface area contributed by atoms with Gasteiger partial charge in [0.05, 0.1) is 16.1 Å². The summed E-state index contributed by atoms with van der Waals surface area (Å²) in [4.78, 5) is 15.6. The number of rotatable bonds is 1. The maximum atomic E-state index is 12.6. The van der Waals surface area contributed by atoms with Gasteiger partial charge >= 0.3 is 0 Å². The summed E-state index contributed by atoms with van der Waals surface area (Å²) in [7, 11) is 3.27. The Morgan fingerprint density at radius 1 is 1.32 bits per heavy atom. The summed E-state index contributed by atoms with van der Waals surface area (Å²) in [5.41, 5.74) is 4.95. The van der Waals surface area contributed by atoms with E-state index in [1.165, 1.54) is 5.56 Å². The molecule has 2 nitrogen and oxygen atoms in total. The van der Waals surface area contributed by atoms with Crippen molar-refractivity contribution in [2.45, 2.75) is 33.2 Å². The first kappa shape index (κ1) is 16.1. The number of carbonyl (C=O) groups excluding carboxylic acids is 1. The van der Waals surface area contributed by atoms with Gasteiger partial charge in [0.25, 0.3) is 0 Å².